The van der Waals surface area contributed by atoms with Crippen molar-refractivity contribution >= 4 is 17.1 Å². The molecule has 0 amide bonds. The maximum Gasteiger partial charge on any atom is 0.168 e. The molecule has 158 valence electrons. The first-order chi connectivity index (χ1) is 15.0. The van der Waals surface area contributed by atoms with Crippen molar-refractivity contribution in [1.82, 2.24) is 4.98 Å². The average Bonchev–Trinajstić information content (AvgIpc) is 3.26. The zero-order chi connectivity index (χ0) is 22.0. The summed E-state index contributed by atoms with van der Waals surface area (Å²) in [6.45, 7) is -0.479. The zero-order valence-corrected chi connectivity index (χ0v) is 16.3. The zero-order valence-electron chi connectivity index (χ0n) is 16.3. The highest BCUT2D eigenvalue weighted by molar-refractivity contribution is 5.94. The SMILES string of the molecule is O=C([O-])c1cccc(C2=C(c3ccccc3OCc3c(F)ccc(F)c3F)CCC2)n1. The van der Waals surface area contributed by atoms with Gasteiger partial charge in [-0.2, -0.15) is 0 Å². The van der Waals surface area contributed by atoms with Gasteiger partial charge < -0.3 is 14.6 Å². The Labute approximate surface area is 176 Å². The Balaban J connectivity index is 1.70. The van der Waals surface area contributed by atoms with Crippen LogP contribution in [0, 0.1) is 17.5 Å². The van der Waals surface area contributed by atoms with Gasteiger partial charge in [0.25, 0.3) is 0 Å². The van der Waals surface area contributed by atoms with E-state index in [1.807, 2.05) is 6.07 Å². The third kappa shape index (κ3) is 4.17. The molecule has 0 bridgehead atoms. The molecule has 0 atom stereocenters. The predicted octanol–water partition coefficient (Wildman–Crippen LogP) is 4.54. The summed E-state index contributed by atoms with van der Waals surface area (Å²) in [7, 11) is 0. The predicted molar refractivity (Wildman–Crippen MR) is 106 cm³/mol. The van der Waals surface area contributed by atoms with Crippen molar-refractivity contribution in [3.8, 4) is 5.75 Å². The number of halogens is 3. The molecule has 0 saturated carbocycles. The lowest BCUT2D eigenvalue weighted by atomic mass is 9.99. The Morgan fingerprint density at radius 1 is 0.935 bits per heavy atom. The van der Waals surface area contributed by atoms with Crippen LogP contribution in [0.2, 0.25) is 0 Å². The number of ether oxygens (including phenoxy) is 1. The first-order valence-corrected chi connectivity index (χ1v) is 9.71. The lowest BCUT2D eigenvalue weighted by Crippen LogP contribution is -2.23. The molecule has 3 aromatic rings. The Bertz CT molecular complexity index is 1190. The Morgan fingerprint density at radius 3 is 2.48 bits per heavy atom. The molecule has 0 N–H and O–H groups in total. The number of carbonyl (C=O) groups excluding carboxylic acids is 1. The fourth-order valence-corrected chi connectivity index (χ4v) is 3.73. The van der Waals surface area contributed by atoms with Gasteiger partial charge in [-0.3, -0.25) is 0 Å². The van der Waals surface area contributed by atoms with Crippen molar-refractivity contribution in [1.29, 1.82) is 0 Å². The van der Waals surface area contributed by atoms with Crippen LogP contribution in [0.25, 0.3) is 11.1 Å². The van der Waals surface area contributed by atoms with Gasteiger partial charge in [-0.1, -0.05) is 24.3 Å². The number of hydrogen-bond donors (Lipinski definition) is 0. The topological polar surface area (TPSA) is 62.2 Å². The highest BCUT2D eigenvalue weighted by atomic mass is 19.2. The van der Waals surface area contributed by atoms with E-state index in [0.717, 1.165) is 29.7 Å². The van der Waals surface area contributed by atoms with Gasteiger partial charge >= 0.3 is 0 Å². The molecule has 1 aliphatic carbocycles. The Morgan fingerprint density at radius 2 is 1.68 bits per heavy atom. The van der Waals surface area contributed by atoms with Gasteiger partial charge in [-0.25, -0.2) is 18.2 Å². The second kappa shape index (κ2) is 8.63. The molecule has 0 unspecified atom stereocenters. The molecule has 2 aromatic carbocycles. The molecule has 1 aliphatic rings. The standard InChI is InChI=1S/C24H18F3NO3/c25-18-11-12-19(26)23(27)17(18)13-31-22-10-2-1-5-16(22)14-6-3-7-15(14)20-8-4-9-21(28-20)24(29)30/h1-2,4-5,8-12H,3,6-7,13H2,(H,29,30)/p-1. The third-order valence-corrected chi connectivity index (χ3v) is 5.21. The van der Waals surface area contributed by atoms with E-state index < -0.39 is 35.6 Å². The largest absolute Gasteiger partial charge is 0.543 e. The summed E-state index contributed by atoms with van der Waals surface area (Å²) in [4.78, 5) is 15.4. The monoisotopic (exact) mass is 424 g/mol. The summed E-state index contributed by atoms with van der Waals surface area (Å²) in [6.07, 6.45) is 2.24. The first kappa shape index (κ1) is 20.7. The number of aromatic carboxylic acids is 1. The van der Waals surface area contributed by atoms with Crippen LogP contribution in [0.3, 0.4) is 0 Å². The normalized spacial score (nSPS) is 13.5. The van der Waals surface area contributed by atoms with Gasteiger partial charge in [-0.05, 0) is 60.7 Å². The van der Waals surface area contributed by atoms with Crippen molar-refractivity contribution in [2.75, 3.05) is 0 Å². The summed E-state index contributed by atoms with van der Waals surface area (Å²) in [6, 6.07) is 13.3. The third-order valence-electron chi connectivity index (χ3n) is 5.21. The van der Waals surface area contributed by atoms with E-state index in [4.69, 9.17) is 4.74 Å². The van der Waals surface area contributed by atoms with Crippen molar-refractivity contribution in [3.63, 3.8) is 0 Å². The van der Waals surface area contributed by atoms with E-state index >= 15 is 0 Å². The minimum Gasteiger partial charge on any atom is -0.543 e. The van der Waals surface area contributed by atoms with E-state index in [2.05, 4.69) is 4.98 Å². The number of para-hydroxylation sites is 1. The van der Waals surface area contributed by atoms with Crippen LogP contribution >= 0.6 is 0 Å². The van der Waals surface area contributed by atoms with Crippen LogP contribution in [0.4, 0.5) is 13.2 Å². The number of aromatic nitrogens is 1. The number of carboxylic acid groups (broad SMARTS) is 1. The summed E-state index contributed by atoms with van der Waals surface area (Å²) < 4.78 is 47.1. The fourth-order valence-electron chi connectivity index (χ4n) is 3.73. The van der Waals surface area contributed by atoms with Gasteiger partial charge in [-0.15, -0.1) is 0 Å². The second-order valence-corrected chi connectivity index (χ2v) is 7.11. The van der Waals surface area contributed by atoms with Gasteiger partial charge in [0.2, 0.25) is 0 Å². The van der Waals surface area contributed by atoms with E-state index in [-0.39, 0.29) is 5.69 Å². The highest BCUT2D eigenvalue weighted by Gasteiger charge is 2.22. The second-order valence-electron chi connectivity index (χ2n) is 7.11. The van der Waals surface area contributed by atoms with Gasteiger partial charge in [0.15, 0.2) is 11.6 Å². The number of carbonyl (C=O) groups is 1. The molecule has 7 heteroatoms. The molecule has 0 aliphatic heterocycles. The van der Waals surface area contributed by atoms with Crippen molar-refractivity contribution in [3.05, 3.63) is 94.6 Å². The molecule has 1 heterocycles. The number of allylic oxidation sites excluding steroid dienone is 2. The minimum atomic E-state index is -1.36. The molecular weight excluding hydrogens is 407 g/mol. The van der Waals surface area contributed by atoms with Crippen LogP contribution in [-0.4, -0.2) is 11.0 Å². The highest BCUT2D eigenvalue weighted by Crippen LogP contribution is 2.42. The van der Waals surface area contributed by atoms with Crippen LogP contribution in [0.1, 0.15) is 46.6 Å². The number of benzene rings is 2. The van der Waals surface area contributed by atoms with Gasteiger partial charge in [0.05, 0.1) is 22.9 Å². The number of nitrogens with zero attached hydrogens (tertiary/aromatic N) is 1. The van der Waals surface area contributed by atoms with Crippen molar-refractivity contribution < 1.29 is 27.8 Å². The maximum atomic E-state index is 14.0. The Kier molecular flexibility index (Phi) is 5.75. The molecule has 0 spiro atoms. The number of hydrogen-bond acceptors (Lipinski definition) is 4. The van der Waals surface area contributed by atoms with Crippen LogP contribution in [-0.2, 0) is 6.61 Å². The van der Waals surface area contributed by atoms with Crippen molar-refractivity contribution in [2.24, 2.45) is 0 Å². The van der Waals surface area contributed by atoms with E-state index in [1.165, 1.54) is 6.07 Å². The smallest absolute Gasteiger partial charge is 0.168 e. The molecule has 4 rings (SSSR count). The number of rotatable bonds is 6. The van der Waals surface area contributed by atoms with E-state index in [0.29, 0.717) is 29.8 Å². The maximum absolute atomic E-state index is 14.0. The summed E-state index contributed by atoms with van der Waals surface area (Å²) in [5.74, 6) is -4.28. The molecule has 0 radical (unpaired) electrons. The molecular formula is C24H17F3NO3-. The minimum absolute atomic E-state index is 0.155. The average molecular weight is 424 g/mol. The van der Waals surface area contributed by atoms with E-state index in [9.17, 15) is 23.1 Å². The lowest BCUT2D eigenvalue weighted by molar-refractivity contribution is -0.255. The van der Waals surface area contributed by atoms with E-state index in [1.54, 1.807) is 30.3 Å². The fraction of sp³-hybridized carbons (Fsp3) is 0.167. The molecule has 0 saturated heterocycles. The van der Waals surface area contributed by atoms with Gasteiger partial charge in [0, 0.05) is 5.56 Å². The Hall–Kier alpha value is -3.61. The summed E-state index contributed by atoms with van der Waals surface area (Å²) in [5, 5.41) is 11.2. The summed E-state index contributed by atoms with van der Waals surface area (Å²) in [5.41, 5.74) is 2.40. The number of pyridine rings is 1. The molecule has 31 heavy (non-hydrogen) atoms. The molecule has 4 nitrogen and oxygen atoms in total. The van der Waals surface area contributed by atoms with Crippen LogP contribution < -0.4 is 9.84 Å². The lowest BCUT2D eigenvalue weighted by Gasteiger charge is -2.15. The van der Waals surface area contributed by atoms with Crippen LogP contribution in [0.15, 0.2) is 54.6 Å². The number of carboxylic acids is 1. The van der Waals surface area contributed by atoms with Crippen molar-refractivity contribution in [2.45, 2.75) is 25.9 Å². The summed E-state index contributed by atoms with van der Waals surface area (Å²) >= 11 is 0. The molecule has 0 fully saturated rings. The van der Waals surface area contributed by atoms with Gasteiger partial charge in [0.1, 0.15) is 18.2 Å². The molecule has 1 aromatic heterocycles. The quantitative estimate of drug-likeness (QED) is 0.546. The first-order valence-electron chi connectivity index (χ1n) is 9.71. The van der Waals surface area contributed by atoms with Crippen LogP contribution in [0.5, 0.6) is 5.75 Å².